The predicted molar refractivity (Wildman–Crippen MR) is 101 cm³/mol. The highest BCUT2D eigenvalue weighted by Crippen LogP contribution is 2.32. The number of alkyl halides is 3. The van der Waals surface area contributed by atoms with Crippen molar-refractivity contribution in [3.8, 4) is 0 Å². The number of hydrogen-bond acceptors (Lipinski definition) is 3. The third kappa shape index (κ3) is 4.56. The number of rotatable bonds is 3. The van der Waals surface area contributed by atoms with E-state index in [4.69, 9.17) is 0 Å². The maximum absolute atomic E-state index is 12.6. The van der Waals surface area contributed by atoms with Gasteiger partial charge in [0.15, 0.2) is 0 Å². The van der Waals surface area contributed by atoms with Gasteiger partial charge in [-0.1, -0.05) is 6.07 Å². The van der Waals surface area contributed by atoms with Crippen molar-refractivity contribution in [3.63, 3.8) is 0 Å². The molecule has 2 aromatic carbocycles. The Labute approximate surface area is 160 Å². The Kier molecular flexibility index (Phi) is 5.24. The van der Waals surface area contributed by atoms with E-state index in [2.05, 4.69) is 10.6 Å². The maximum Gasteiger partial charge on any atom is 0.416 e. The molecule has 2 aromatic rings. The summed E-state index contributed by atoms with van der Waals surface area (Å²) in [6, 6.07) is 8.37. The lowest BCUT2D eigenvalue weighted by atomic mass is 10.0. The summed E-state index contributed by atoms with van der Waals surface area (Å²) in [6.45, 7) is 0.368. The van der Waals surface area contributed by atoms with Crippen LogP contribution in [0.5, 0.6) is 0 Å². The molecule has 0 saturated heterocycles. The van der Waals surface area contributed by atoms with E-state index in [9.17, 15) is 26.4 Å². The quantitative estimate of drug-likeness (QED) is 0.797. The van der Waals surface area contributed by atoms with Gasteiger partial charge in [-0.15, -0.1) is 0 Å². The number of amides is 2. The van der Waals surface area contributed by atoms with Gasteiger partial charge in [-0.2, -0.15) is 13.2 Å². The van der Waals surface area contributed by atoms with Crippen LogP contribution >= 0.6 is 0 Å². The molecular weight excluding hydrogens is 395 g/mol. The van der Waals surface area contributed by atoms with Gasteiger partial charge in [-0.05, 0) is 54.8 Å². The fraction of sp³-hybridized carbons (Fsp3) is 0.278. The van der Waals surface area contributed by atoms with Gasteiger partial charge in [0.2, 0.25) is 10.0 Å². The van der Waals surface area contributed by atoms with Gasteiger partial charge in [-0.25, -0.2) is 13.2 Å². The fourth-order valence-corrected chi connectivity index (χ4v) is 3.99. The maximum atomic E-state index is 12.6. The molecule has 0 bridgehead atoms. The van der Waals surface area contributed by atoms with Crippen molar-refractivity contribution in [1.82, 2.24) is 0 Å². The molecule has 0 unspecified atom stereocenters. The van der Waals surface area contributed by atoms with Crippen LogP contribution in [-0.4, -0.2) is 27.2 Å². The van der Waals surface area contributed by atoms with E-state index in [1.807, 2.05) is 0 Å². The Morgan fingerprint density at radius 3 is 2.25 bits per heavy atom. The largest absolute Gasteiger partial charge is 0.416 e. The lowest BCUT2D eigenvalue weighted by Gasteiger charge is -2.29. The highest BCUT2D eigenvalue weighted by Gasteiger charge is 2.30. The molecule has 0 fully saturated rings. The Morgan fingerprint density at radius 2 is 1.64 bits per heavy atom. The number of nitrogens with zero attached hydrogens (tertiary/aromatic N) is 1. The average Bonchev–Trinajstić information content (AvgIpc) is 2.60. The molecule has 0 radical (unpaired) electrons. The van der Waals surface area contributed by atoms with Gasteiger partial charge in [0, 0.05) is 17.9 Å². The summed E-state index contributed by atoms with van der Waals surface area (Å²) < 4.78 is 63.0. The first-order chi connectivity index (χ1) is 13.0. The van der Waals surface area contributed by atoms with Crippen LogP contribution in [0.3, 0.4) is 0 Å². The van der Waals surface area contributed by atoms with Crippen LogP contribution in [0.1, 0.15) is 17.5 Å². The van der Waals surface area contributed by atoms with Crippen LogP contribution in [0.2, 0.25) is 0 Å². The molecule has 1 heterocycles. The molecule has 28 heavy (non-hydrogen) atoms. The minimum absolute atomic E-state index is 0.196. The number of fused-ring (bicyclic) bond motifs is 1. The van der Waals surface area contributed by atoms with Crippen molar-refractivity contribution in [1.29, 1.82) is 0 Å². The summed E-state index contributed by atoms with van der Waals surface area (Å²) >= 11 is 0. The van der Waals surface area contributed by atoms with E-state index in [1.54, 1.807) is 18.2 Å². The standard InChI is InChI=1S/C18H18F3N3O3S/c1-28(26,27)24-10-2-3-12-4-7-15(11-16(12)24)23-17(25)22-14-8-5-13(6-9-14)18(19,20)21/h4-9,11H,2-3,10H2,1H3,(H2,22,23,25). The normalized spacial score (nSPS) is 14.4. The van der Waals surface area contributed by atoms with E-state index >= 15 is 0 Å². The number of halogens is 3. The first-order valence-corrected chi connectivity index (χ1v) is 10.2. The second-order valence-electron chi connectivity index (χ2n) is 6.44. The van der Waals surface area contributed by atoms with E-state index < -0.39 is 27.8 Å². The molecule has 1 aliphatic rings. The first-order valence-electron chi connectivity index (χ1n) is 8.40. The van der Waals surface area contributed by atoms with Crippen molar-refractivity contribution in [2.24, 2.45) is 0 Å². The summed E-state index contributed by atoms with van der Waals surface area (Å²) in [5.74, 6) is 0. The zero-order valence-corrected chi connectivity index (χ0v) is 15.7. The number of urea groups is 1. The number of anilines is 3. The molecule has 10 heteroatoms. The van der Waals surface area contributed by atoms with Gasteiger partial charge in [0.05, 0.1) is 17.5 Å². The second kappa shape index (κ2) is 7.34. The molecule has 0 aliphatic carbocycles. The molecule has 150 valence electrons. The third-order valence-electron chi connectivity index (χ3n) is 4.29. The number of sulfonamides is 1. The number of aryl methyl sites for hydroxylation is 1. The first kappa shape index (κ1) is 20.0. The van der Waals surface area contributed by atoms with Crippen LogP contribution in [0.25, 0.3) is 0 Å². The smallest absolute Gasteiger partial charge is 0.308 e. The van der Waals surface area contributed by atoms with Crippen molar-refractivity contribution in [3.05, 3.63) is 53.6 Å². The summed E-state index contributed by atoms with van der Waals surface area (Å²) in [7, 11) is -3.44. The monoisotopic (exact) mass is 413 g/mol. The van der Waals surface area contributed by atoms with Crippen LogP contribution < -0.4 is 14.9 Å². The minimum Gasteiger partial charge on any atom is -0.308 e. The van der Waals surface area contributed by atoms with Crippen molar-refractivity contribution in [2.75, 3.05) is 27.7 Å². The van der Waals surface area contributed by atoms with Gasteiger partial charge in [0.1, 0.15) is 0 Å². The highest BCUT2D eigenvalue weighted by molar-refractivity contribution is 7.92. The number of hydrogen-bond donors (Lipinski definition) is 2. The Morgan fingerprint density at radius 1 is 1.04 bits per heavy atom. The van der Waals surface area contributed by atoms with Crippen LogP contribution in [0.4, 0.5) is 35.0 Å². The summed E-state index contributed by atoms with van der Waals surface area (Å²) in [6.07, 6.45) is -1.88. The topological polar surface area (TPSA) is 78.5 Å². The van der Waals surface area contributed by atoms with Crippen molar-refractivity contribution in [2.45, 2.75) is 19.0 Å². The lowest BCUT2D eigenvalue weighted by Crippen LogP contribution is -2.34. The molecule has 0 saturated carbocycles. The zero-order chi connectivity index (χ0) is 20.5. The van der Waals surface area contributed by atoms with Gasteiger partial charge < -0.3 is 10.6 Å². The second-order valence-corrected chi connectivity index (χ2v) is 8.34. The van der Waals surface area contributed by atoms with E-state index in [0.29, 0.717) is 24.3 Å². The van der Waals surface area contributed by atoms with E-state index in [-0.39, 0.29) is 5.69 Å². The average molecular weight is 413 g/mol. The molecular formula is C18H18F3N3O3S. The SMILES string of the molecule is CS(=O)(=O)N1CCCc2ccc(NC(=O)Nc3ccc(C(F)(F)F)cc3)cc21. The van der Waals surface area contributed by atoms with Crippen molar-refractivity contribution >= 4 is 33.1 Å². The van der Waals surface area contributed by atoms with Gasteiger partial charge in [0.25, 0.3) is 0 Å². The number of nitrogens with one attached hydrogen (secondary N) is 2. The summed E-state index contributed by atoms with van der Waals surface area (Å²) in [5, 5.41) is 5.00. The van der Waals surface area contributed by atoms with Crippen LogP contribution in [0, 0.1) is 0 Å². The van der Waals surface area contributed by atoms with Crippen LogP contribution in [-0.2, 0) is 22.6 Å². The minimum atomic E-state index is -4.45. The molecule has 0 atom stereocenters. The fourth-order valence-electron chi connectivity index (χ4n) is 3.00. The van der Waals surface area contributed by atoms with Crippen LogP contribution in [0.15, 0.2) is 42.5 Å². The third-order valence-corrected chi connectivity index (χ3v) is 5.47. The van der Waals surface area contributed by atoms with E-state index in [0.717, 1.165) is 42.5 Å². The molecule has 1 aliphatic heterocycles. The summed E-state index contributed by atoms with van der Waals surface area (Å²) in [5.41, 5.74) is 1.14. The molecule has 0 spiro atoms. The lowest BCUT2D eigenvalue weighted by molar-refractivity contribution is -0.137. The van der Waals surface area contributed by atoms with Gasteiger partial charge in [-0.3, -0.25) is 4.31 Å². The summed E-state index contributed by atoms with van der Waals surface area (Å²) in [4.78, 5) is 12.1. The highest BCUT2D eigenvalue weighted by atomic mass is 32.2. The molecule has 0 aromatic heterocycles. The zero-order valence-electron chi connectivity index (χ0n) is 14.9. The van der Waals surface area contributed by atoms with E-state index in [1.165, 1.54) is 4.31 Å². The van der Waals surface area contributed by atoms with Crippen molar-refractivity contribution < 1.29 is 26.4 Å². The Balaban J connectivity index is 1.73. The Hall–Kier alpha value is -2.75. The molecule has 2 N–H and O–H groups in total. The molecule has 2 amide bonds. The number of benzene rings is 2. The Bertz CT molecular complexity index is 989. The molecule has 6 nitrogen and oxygen atoms in total. The number of carbonyl (C=O) groups excluding carboxylic acids is 1. The number of carbonyl (C=O) groups is 1. The molecule has 3 rings (SSSR count). The van der Waals surface area contributed by atoms with Gasteiger partial charge >= 0.3 is 12.2 Å². The predicted octanol–water partition coefficient (Wildman–Crippen LogP) is 4.06.